The first kappa shape index (κ1) is 18.3. The van der Waals surface area contributed by atoms with Crippen molar-refractivity contribution < 1.29 is 14.3 Å². The molecule has 1 rings (SSSR count). The number of cyclic esters (lactones) is 2. The summed E-state index contributed by atoms with van der Waals surface area (Å²) < 4.78 is 9.79. The summed E-state index contributed by atoms with van der Waals surface area (Å²) in [5.74, 6) is 0. The third kappa shape index (κ3) is 9.00. The van der Waals surface area contributed by atoms with E-state index in [4.69, 9.17) is 9.47 Å². The Kier molecular flexibility index (Phi) is 8.79. The van der Waals surface area contributed by atoms with Gasteiger partial charge in [-0.3, -0.25) is 0 Å². The fraction of sp³-hybridized carbons (Fsp3) is 0.944. The van der Waals surface area contributed by atoms with E-state index in [1.54, 1.807) is 0 Å². The lowest BCUT2D eigenvalue weighted by Gasteiger charge is -2.24. The highest BCUT2D eigenvalue weighted by Crippen LogP contribution is 2.30. The molecule has 3 nitrogen and oxygen atoms in total. The van der Waals surface area contributed by atoms with E-state index in [2.05, 4.69) is 20.8 Å². The molecule has 0 radical (unpaired) electrons. The second-order valence-corrected chi connectivity index (χ2v) is 7.23. The average molecular weight is 298 g/mol. The summed E-state index contributed by atoms with van der Waals surface area (Å²) in [5, 5.41) is 0. The van der Waals surface area contributed by atoms with Gasteiger partial charge in [0.1, 0.15) is 12.7 Å². The van der Waals surface area contributed by atoms with Gasteiger partial charge in [0.25, 0.3) is 0 Å². The molecule has 21 heavy (non-hydrogen) atoms. The van der Waals surface area contributed by atoms with E-state index < -0.39 is 6.16 Å². The quantitative estimate of drug-likeness (QED) is 0.334. The lowest BCUT2D eigenvalue weighted by molar-refractivity contribution is 0.115. The van der Waals surface area contributed by atoms with Crippen molar-refractivity contribution >= 4 is 6.16 Å². The highest BCUT2D eigenvalue weighted by atomic mass is 16.8. The van der Waals surface area contributed by atoms with Crippen LogP contribution in [-0.4, -0.2) is 18.9 Å². The second kappa shape index (κ2) is 10.1. The summed E-state index contributed by atoms with van der Waals surface area (Å²) in [6, 6.07) is 0. The maximum absolute atomic E-state index is 10.8. The fourth-order valence-corrected chi connectivity index (χ4v) is 2.97. The average Bonchev–Trinajstić information content (AvgIpc) is 2.85. The molecule has 1 aliphatic rings. The van der Waals surface area contributed by atoms with E-state index in [0.717, 1.165) is 12.8 Å². The summed E-state index contributed by atoms with van der Waals surface area (Å²) in [6.07, 6.45) is 13.6. The highest BCUT2D eigenvalue weighted by molar-refractivity contribution is 5.61. The SMILES string of the molecule is CCCCC(C)(C)CCCCCCCC[C@H]1COC(=O)O1. The molecule has 3 heteroatoms. The van der Waals surface area contributed by atoms with E-state index in [1.807, 2.05) is 0 Å². The summed E-state index contributed by atoms with van der Waals surface area (Å²) >= 11 is 0. The Morgan fingerprint density at radius 3 is 2.24 bits per heavy atom. The van der Waals surface area contributed by atoms with Gasteiger partial charge >= 0.3 is 6.16 Å². The molecule has 0 bridgehead atoms. The van der Waals surface area contributed by atoms with Crippen LogP contribution in [0.4, 0.5) is 4.79 Å². The predicted molar refractivity (Wildman–Crippen MR) is 86.5 cm³/mol. The zero-order valence-electron chi connectivity index (χ0n) is 14.3. The van der Waals surface area contributed by atoms with Crippen LogP contribution < -0.4 is 0 Å². The number of carbonyl (C=O) groups excluding carboxylic acids is 1. The van der Waals surface area contributed by atoms with Crippen LogP contribution >= 0.6 is 0 Å². The van der Waals surface area contributed by atoms with Crippen LogP contribution in [0.1, 0.15) is 91.4 Å². The molecule has 0 saturated carbocycles. The topological polar surface area (TPSA) is 35.5 Å². The minimum Gasteiger partial charge on any atom is -0.430 e. The molecule has 1 saturated heterocycles. The zero-order valence-corrected chi connectivity index (χ0v) is 14.3. The normalized spacial score (nSPS) is 18.6. The molecule has 1 atom stereocenters. The molecular formula is C18H34O3. The van der Waals surface area contributed by atoms with Gasteiger partial charge in [0, 0.05) is 0 Å². The number of hydrogen-bond acceptors (Lipinski definition) is 3. The van der Waals surface area contributed by atoms with Crippen LogP contribution in [0, 0.1) is 5.41 Å². The first-order valence-corrected chi connectivity index (χ1v) is 8.87. The number of hydrogen-bond donors (Lipinski definition) is 0. The van der Waals surface area contributed by atoms with Gasteiger partial charge in [0.15, 0.2) is 0 Å². The Morgan fingerprint density at radius 2 is 1.62 bits per heavy atom. The molecule has 0 aromatic heterocycles. The first-order chi connectivity index (χ1) is 10.0. The molecule has 0 spiro atoms. The van der Waals surface area contributed by atoms with Crippen molar-refractivity contribution in [3.8, 4) is 0 Å². The lowest BCUT2D eigenvalue weighted by atomic mass is 9.82. The minimum absolute atomic E-state index is 0.0110. The third-order valence-corrected chi connectivity index (χ3v) is 4.49. The maximum atomic E-state index is 10.8. The summed E-state index contributed by atoms with van der Waals surface area (Å²) in [5.41, 5.74) is 0.530. The summed E-state index contributed by atoms with van der Waals surface area (Å²) in [6.45, 7) is 7.54. The summed E-state index contributed by atoms with van der Waals surface area (Å²) in [7, 11) is 0. The monoisotopic (exact) mass is 298 g/mol. The fourth-order valence-electron chi connectivity index (χ4n) is 2.97. The van der Waals surface area contributed by atoms with Gasteiger partial charge in [0.2, 0.25) is 0 Å². The van der Waals surface area contributed by atoms with Crippen LogP contribution in [0.25, 0.3) is 0 Å². The number of unbranched alkanes of at least 4 members (excludes halogenated alkanes) is 6. The Balaban J connectivity index is 1.87. The zero-order chi connectivity index (χ0) is 15.6. The molecule has 0 unspecified atom stereocenters. The molecule has 124 valence electrons. The number of ether oxygens (including phenoxy) is 2. The van der Waals surface area contributed by atoms with Crippen LogP contribution in [-0.2, 0) is 9.47 Å². The van der Waals surface area contributed by atoms with Crippen molar-refractivity contribution in [2.24, 2.45) is 5.41 Å². The minimum atomic E-state index is -0.495. The van der Waals surface area contributed by atoms with Crippen molar-refractivity contribution in [2.75, 3.05) is 6.61 Å². The molecule has 0 aliphatic carbocycles. The second-order valence-electron chi connectivity index (χ2n) is 7.23. The molecule has 1 fully saturated rings. The summed E-state index contributed by atoms with van der Waals surface area (Å²) in [4.78, 5) is 10.8. The predicted octanol–water partition coefficient (Wildman–Crippen LogP) is 5.86. The Hall–Kier alpha value is -0.730. The van der Waals surface area contributed by atoms with Crippen molar-refractivity contribution in [3.63, 3.8) is 0 Å². The van der Waals surface area contributed by atoms with E-state index >= 15 is 0 Å². The molecule has 1 heterocycles. The maximum Gasteiger partial charge on any atom is 0.508 e. The van der Waals surface area contributed by atoms with Crippen molar-refractivity contribution in [2.45, 2.75) is 97.5 Å². The Labute approximate surface area is 130 Å². The van der Waals surface area contributed by atoms with E-state index in [9.17, 15) is 4.79 Å². The Bertz CT molecular complexity index is 286. The molecule has 0 aromatic carbocycles. The molecule has 0 aromatic rings. The van der Waals surface area contributed by atoms with Crippen LogP contribution in [0.15, 0.2) is 0 Å². The van der Waals surface area contributed by atoms with Crippen molar-refractivity contribution in [3.05, 3.63) is 0 Å². The highest BCUT2D eigenvalue weighted by Gasteiger charge is 2.23. The van der Waals surface area contributed by atoms with Crippen LogP contribution in [0.5, 0.6) is 0 Å². The van der Waals surface area contributed by atoms with Crippen LogP contribution in [0.2, 0.25) is 0 Å². The van der Waals surface area contributed by atoms with Gasteiger partial charge in [-0.15, -0.1) is 0 Å². The third-order valence-electron chi connectivity index (χ3n) is 4.49. The molecule has 0 N–H and O–H groups in total. The van der Waals surface area contributed by atoms with Crippen molar-refractivity contribution in [1.29, 1.82) is 0 Å². The largest absolute Gasteiger partial charge is 0.508 e. The van der Waals surface area contributed by atoms with E-state index in [0.29, 0.717) is 12.0 Å². The van der Waals surface area contributed by atoms with Gasteiger partial charge in [-0.05, 0) is 31.1 Å². The molecular weight excluding hydrogens is 264 g/mol. The van der Waals surface area contributed by atoms with Crippen LogP contribution in [0.3, 0.4) is 0 Å². The smallest absolute Gasteiger partial charge is 0.430 e. The van der Waals surface area contributed by atoms with Gasteiger partial charge in [-0.25, -0.2) is 4.79 Å². The van der Waals surface area contributed by atoms with E-state index in [1.165, 1.54) is 57.8 Å². The first-order valence-electron chi connectivity index (χ1n) is 8.87. The molecule has 0 amide bonds. The number of rotatable bonds is 12. The van der Waals surface area contributed by atoms with Gasteiger partial charge < -0.3 is 9.47 Å². The Morgan fingerprint density at radius 1 is 1.00 bits per heavy atom. The van der Waals surface area contributed by atoms with Gasteiger partial charge in [-0.2, -0.15) is 0 Å². The lowest BCUT2D eigenvalue weighted by Crippen LogP contribution is -2.10. The standard InChI is InChI=1S/C18H34O3/c1-4-5-13-18(2,3)14-11-9-7-6-8-10-12-16-15-20-17(19)21-16/h16H,4-15H2,1-3H3/t16-/m0/s1. The van der Waals surface area contributed by atoms with Gasteiger partial charge in [0.05, 0.1) is 0 Å². The van der Waals surface area contributed by atoms with Gasteiger partial charge in [-0.1, -0.05) is 65.7 Å². The molecule has 1 aliphatic heterocycles. The van der Waals surface area contributed by atoms with Crippen molar-refractivity contribution in [1.82, 2.24) is 0 Å². The number of carbonyl (C=O) groups is 1. The van der Waals surface area contributed by atoms with E-state index in [-0.39, 0.29) is 6.10 Å².